The first-order chi connectivity index (χ1) is 8.49. The Hall–Kier alpha value is -1.63. The molecule has 0 amide bonds. The normalized spacial score (nSPS) is 11.0. The van der Waals surface area contributed by atoms with Crippen LogP contribution in [0.2, 0.25) is 0 Å². The zero-order chi connectivity index (χ0) is 13.3. The monoisotopic (exact) mass is 240 g/mol. The number of benzene rings is 1. The number of hydrogen-bond donors (Lipinski definition) is 0. The average molecular weight is 240 g/mol. The zero-order valence-corrected chi connectivity index (χ0v) is 12.0. The van der Waals surface area contributed by atoms with Crippen LogP contribution in [-0.4, -0.2) is 0 Å². The van der Waals surface area contributed by atoms with Gasteiger partial charge in [0.15, 0.2) is 6.20 Å². The number of hydrogen-bond acceptors (Lipinski definition) is 0. The summed E-state index contributed by atoms with van der Waals surface area (Å²) in [6.45, 7) is 8.81. The highest BCUT2D eigenvalue weighted by atomic mass is 14.9. The molecule has 0 saturated carbocycles. The van der Waals surface area contributed by atoms with Crippen molar-refractivity contribution in [2.24, 2.45) is 7.05 Å². The zero-order valence-electron chi connectivity index (χ0n) is 12.0. The largest absolute Gasteiger partial charge is 0.212 e. The Bertz CT molecular complexity index is 568. The quantitative estimate of drug-likeness (QED) is 0.701. The Morgan fingerprint density at radius 1 is 1.00 bits per heavy atom. The minimum atomic E-state index is 0.587. The lowest BCUT2D eigenvalue weighted by atomic mass is 9.96. The molecule has 0 unspecified atom stereocenters. The van der Waals surface area contributed by atoms with Crippen molar-refractivity contribution in [1.82, 2.24) is 0 Å². The molecule has 0 bridgehead atoms. The first-order valence-electron chi connectivity index (χ1n) is 6.56. The van der Waals surface area contributed by atoms with Gasteiger partial charge in [-0.15, -0.1) is 0 Å². The second kappa shape index (κ2) is 4.93. The van der Waals surface area contributed by atoms with Gasteiger partial charge in [0.2, 0.25) is 5.69 Å². The smallest absolute Gasteiger partial charge is 0.201 e. The molecule has 0 fully saturated rings. The molecule has 2 rings (SSSR count). The maximum absolute atomic E-state index is 2.31. The lowest BCUT2D eigenvalue weighted by Gasteiger charge is -2.10. The Morgan fingerprint density at radius 3 is 2.33 bits per heavy atom. The molecule has 1 nitrogen and oxygen atoms in total. The second-order valence-corrected chi connectivity index (χ2v) is 5.43. The summed E-state index contributed by atoms with van der Waals surface area (Å²) in [5.41, 5.74) is 6.66. The molecule has 0 aliphatic heterocycles. The molecule has 0 aliphatic carbocycles. The van der Waals surface area contributed by atoms with Crippen LogP contribution in [0.5, 0.6) is 0 Å². The number of aryl methyl sites for hydroxylation is 3. The first-order valence-corrected chi connectivity index (χ1v) is 6.56. The first kappa shape index (κ1) is 12.8. The van der Waals surface area contributed by atoms with Gasteiger partial charge >= 0.3 is 0 Å². The Labute approximate surface area is 110 Å². The summed E-state index contributed by atoms with van der Waals surface area (Å²) in [6, 6.07) is 11.2. The van der Waals surface area contributed by atoms with Gasteiger partial charge in [0, 0.05) is 17.7 Å². The van der Waals surface area contributed by atoms with Crippen molar-refractivity contribution >= 4 is 0 Å². The van der Waals surface area contributed by atoms with Gasteiger partial charge in [0.1, 0.15) is 7.05 Å². The van der Waals surface area contributed by atoms with Gasteiger partial charge in [-0.3, -0.25) is 0 Å². The van der Waals surface area contributed by atoms with Gasteiger partial charge in [-0.05, 0) is 42.5 Å². The lowest BCUT2D eigenvalue weighted by Crippen LogP contribution is -2.30. The van der Waals surface area contributed by atoms with Crippen molar-refractivity contribution in [2.45, 2.75) is 33.6 Å². The molecule has 0 spiro atoms. The maximum atomic E-state index is 2.31. The van der Waals surface area contributed by atoms with Crippen LogP contribution in [0.1, 0.15) is 36.5 Å². The van der Waals surface area contributed by atoms with E-state index >= 15 is 0 Å². The van der Waals surface area contributed by atoms with Gasteiger partial charge in [-0.25, -0.2) is 4.57 Å². The summed E-state index contributed by atoms with van der Waals surface area (Å²) in [7, 11) is 2.10. The third kappa shape index (κ3) is 2.45. The molecule has 1 heterocycles. The molecule has 0 atom stereocenters. The van der Waals surface area contributed by atoms with E-state index in [1.165, 1.54) is 27.9 Å². The number of nitrogens with zero attached hydrogens (tertiary/aromatic N) is 1. The number of pyridine rings is 1. The van der Waals surface area contributed by atoms with E-state index in [1.54, 1.807) is 0 Å². The summed E-state index contributed by atoms with van der Waals surface area (Å²) >= 11 is 0. The minimum absolute atomic E-state index is 0.587. The van der Waals surface area contributed by atoms with E-state index in [2.05, 4.69) is 75.8 Å². The molecular formula is C17H22N+. The minimum Gasteiger partial charge on any atom is -0.201 e. The van der Waals surface area contributed by atoms with Crippen molar-refractivity contribution in [3.63, 3.8) is 0 Å². The Morgan fingerprint density at radius 2 is 1.72 bits per heavy atom. The molecule has 1 aromatic carbocycles. The van der Waals surface area contributed by atoms with E-state index in [0.717, 1.165) is 0 Å². The van der Waals surface area contributed by atoms with E-state index in [4.69, 9.17) is 0 Å². The van der Waals surface area contributed by atoms with Crippen LogP contribution in [0.25, 0.3) is 11.3 Å². The summed E-state index contributed by atoms with van der Waals surface area (Å²) in [4.78, 5) is 0. The van der Waals surface area contributed by atoms with Gasteiger partial charge in [-0.2, -0.15) is 0 Å². The topological polar surface area (TPSA) is 3.88 Å². The van der Waals surface area contributed by atoms with Crippen molar-refractivity contribution in [2.75, 3.05) is 0 Å². The molecule has 94 valence electrons. The van der Waals surface area contributed by atoms with Crippen molar-refractivity contribution in [1.29, 1.82) is 0 Å². The van der Waals surface area contributed by atoms with Crippen LogP contribution in [0, 0.1) is 13.8 Å². The number of aromatic nitrogens is 1. The van der Waals surface area contributed by atoms with E-state index in [1.807, 2.05) is 0 Å². The Balaban J connectivity index is 2.54. The van der Waals surface area contributed by atoms with Crippen molar-refractivity contribution < 1.29 is 4.57 Å². The van der Waals surface area contributed by atoms with E-state index in [0.29, 0.717) is 5.92 Å². The molecule has 0 radical (unpaired) electrons. The van der Waals surface area contributed by atoms with E-state index in [-0.39, 0.29) is 0 Å². The van der Waals surface area contributed by atoms with Crippen LogP contribution in [-0.2, 0) is 7.05 Å². The standard InChI is InChI=1S/C17H22N/c1-12(2)15-6-7-16(14(4)11-15)17-10-13(3)8-9-18(17)5/h6-12H,1-5H3/q+1. The van der Waals surface area contributed by atoms with Crippen LogP contribution in [0.4, 0.5) is 0 Å². The SMILES string of the molecule is Cc1cc[n+](C)c(-c2ccc(C(C)C)cc2C)c1. The van der Waals surface area contributed by atoms with Crippen molar-refractivity contribution in [3.05, 3.63) is 53.2 Å². The van der Waals surface area contributed by atoms with Gasteiger partial charge in [0.05, 0.1) is 0 Å². The fourth-order valence-corrected chi connectivity index (χ4v) is 2.28. The molecule has 0 N–H and O–H groups in total. The molecule has 1 aromatic heterocycles. The molecule has 18 heavy (non-hydrogen) atoms. The summed E-state index contributed by atoms with van der Waals surface area (Å²) in [6.07, 6.45) is 2.13. The van der Waals surface area contributed by atoms with Crippen molar-refractivity contribution in [3.8, 4) is 11.3 Å². The highest BCUT2D eigenvalue weighted by Gasteiger charge is 2.13. The predicted octanol–water partition coefficient (Wildman–Crippen LogP) is 3.92. The number of rotatable bonds is 2. The maximum Gasteiger partial charge on any atom is 0.212 e. The highest BCUT2D eigenvalue weighted by Crippen LogP contribution is 2.25. The third-order valence-corrected chi connectivity index (χ3v) is 3.50. The Kier molecular flexibility index (Phi) is 3.51. The van der Waals surface area contributed by atoms with E-state index in [9.17, 15) is 0 Å². The van der Waals surface area contributed by atoms with Crippen LogP contribution in [0.3, 0.4) is 0 Å². The molecule has 2 aromatic rings. The van der Waals surface area contributed by atoms with Gasteiger partial charge in [0.25, 0.3) is 0 Å². The van der Waals surface area contributed by atoms with Crippen LogP contribution in [0.15, 0.2) is 36.5 Å². The van der Waals surface area contributed by atoms with Gasteiger partial charge < -0.3 is 0 Å². The van der Waals surface area contributed by atoms with Crippen LogP contribution < -0.4 is 4.57 Å². The average Bonchev–Trinajstić information content (AvgIpc) is 2.32. The fourth-order valence-electron chi connectivity index (χ4n) is 2.28. The summed E-state index contributed by atoms with van der Waals surface area (Å²) in [5.74, 6) is 0.587. The molecule has 1 heteroatoms. The summed E-state index contributed by atoms with van der Waals surface area (Å²) in [5, 5.41) is 0. The molecular weight excluding hydrogens is 218 g/mol. The lowest BCUT2D eigenvalue weighted by molar-refractivity contribution is -0.660. The second-order valence-electron chi connectivity index (χ2n) is 5.43. The fraction of sp³-hybridized carbons (Fsp3) is 0.353. The highest BCUT2D eigenvalue weighted by molar-refractivity contribution is 5.62. The van der Waals surface area contributed by atoms with E-state index < -0.39 is 0 Å². The van der Waals surface area contributed by atoms with Gasteiger partial charge in [-0.1, -0.05) is 26.0 Å². The summed E-state index contributed by atoms with van der Waals surface area (Å²) < 4.78 is 2.18. The molecule has 0 saturated heterocycles. The van der Waals surface area contributed by atoms with Crippen LogP contribution >= 0.6 is 0 Å². The predicted molar refractivity (Wildman–Crippen MR) is 76.6 cm³/mol. The molecule has 0 aliphatic rings. The third-order valence-electron chi connectivity index (χ3n) is 3.50.